The van der Waals surface area contributed by atoms with Crippen molar-refractivity contribution in [3.05, 3.63) is 18.2 Å². The first-order valence-corrected chi connectivity index (χ1v) is 7.10. The molecular formula is C15H29N3. The summed E-state index contributed by atoms with van der Waals surface area (Å²) in [4.78, 5) is 4.28. The summed E-state index contributed by atoms with van der Waals surface area (Å²) in [5, 5.41) is 0. The molecule has 1 atom stereocenters. The van der Waals surface area contributed by atoms with Gasteiger partial charge in [0, 0.05) is 18.8 Å². The fraction of sp³-hybridized carbons (Fsp3) is 0.800. The Labute approximate surface area is 112 Å². The highest BCUT2D eigenvalue weighted by atomic mass is 15.1. The van der Waals surface area contributed by atoms with Gasteiger partial charge in [-0.2, -0.15) is 0 Å². The lowest BCUT2D eigenvalue weighted by Crippen LogP contribution is -2.26. The average Bonchev–Trinajstić information content (AvgIpc) is 2.71. The molecule has 3 nitrogen and oxygen atoms in total. The highest BCUT2D eigenvalue weighted by Gasteiger charge is 2.21. The molecule has 0 aliphatic heterocycles. The minimum Gasteiger partial charge on any atom is -0.333 e. The van der Waals surface area contributed by atoms with Crippen LogP contribution in [0.1, 0.15) is 53.3 Å². The lowest BCUT2D eigenvalue weighted by Gasteiger charge is -2.27. The Morgan fingerprint density at radius 3 is 2.06 bits per heavy atom. The van der Waals surface area contributed by atoms with Crippen molar-refractivity contribution in [3.8, 4) is 0 Å². The van der Waals surface area contributed by atoms with Crippen molar-refractivity contribution >= 4 is 0 Å². The van der Waals surface area contributed by atoms with Crippen LogP contribution in [0, 0.1) is 23.7 Å². The molecule has 0 saturated heterocycles. The zero-order valence-electron chi connectivity index (χ0n) is 12.7. The van der Waals surface area contributed by atoms with Crippen LogP contribution in [0.3, 0.4) is 0 Å². The zero-order chi connectivity index (χ0) is 13.9. The molecule has 1 unspecified atom stereocenters. The maximum atomic E-state index is 6.25. The monoisotopic (exact) mass is 251 g/mol. The van der Waals surface area contributed by atoms with Crippen molar-refractivity contribution in [3.63, 3.8) is 0 Å². The van der Waals surface area contributed by atoms with Crippen molar-refractivity contribution in [2.24, 2.45) is 29.4 Å². The second-order valence-electron chi connectivity index (χ2n) is 6.39. The third-order valence-corrected chi connectivity index (χ3v) is 3.92. The van der Waals surface area contributed by atoms with E-state index >= 15 is 0 Å². The molecule has 0 aliphatic carbocycles. The molecule has 3 heteroatoms. The van der Waals surface area contributed by atoms with Gasteiger partial charge in [0.1, 0.15) is 0 Å². The molecule has 1 aromatic heterocycles. The first-order valence-electron chi connectivity index (χ1n) is 7.10. The Morgan fingerprint density at radius 2 is 1.61 bits per heavy atom. The highest BCUT2D eigenvalue weighted by molar-refractivity contribution is 5.05. The molecule has 2 N–H and O–H groups in total. The lowest BCUT2D eigenvalue weighted by molar-refractivity contribution is 0.247. The Hall–Kier alpha value is -0.830. The zero-order valence-corrected chi connectivity index (χ0v) is 12.7. The van der Waals surface area contributed by atoms with E-state index in [1.54, 1.807) is 0 Å². The fourth-order valence-corrected chi connectivity index (χ4v) is 2.52. The molecule has 1 aromatic rings. The summed E-state index contributed by atoms with van der Waals surface area (Å²) in [6, 6.07) is 0.0764. The van der Waals surface area contributed by atoms with E-state index in [4.69, 9.17) is 5.73 Å². The molecule has 0 spiro atoms. The normalized spacial score (nSPS) is 14.2. The Morgan fingerprint density at radius 1 is 1.06 bits per heavy atom. The number of nitrogens with two attached hydrogens (primary N) is 1. The number of aromatic nitrogens is 2. The van der Waals surface area contributed by atoms with Gasteiger partial charge in [0.25, 0.3) is 0 Å². The van der Waals surface area contributed by atoms with E-state index in [9.17, 15) is 0 Å². The molecule has 0 bridgehead atoms. The lowest BCUT2D eigenvalue weighted by atomic mass is 9.85. The minimum atomic E-state index is 0.0764. The van der Waals surface area contributed by atoms with Crippen LogP contribution >= 0.6 is 0 Å². The van der Waals surface area contributed by atoms with Gasteiger partial charge in [0.2, 0.25) is 0 Å². The van der Waals surface area contributed by atoms with E-state index < -0.39 is 0 Å². The summed E-state index contributed by atoms with van der Waals surface area (Å²) in [7, 11) is 0. The quantitative estimate of drug-likeness (QED) is 0.841. The number of hydrogen-bond acceptors (Lipinski definition) is 2. The van der Waals surface area contributed by atoms with E-state index in [1.165, 1.54) is 0 Å². The van der Waals surface area contributed by atoms with E-state index in [0.29, 0.717) is 23.7 Å². The molecular weight excluding hydrogens is 222 g/mol. The largest absolute Gasteiger partial charge is 0.333 e. The molecule has 0 saturated carbocycles. The van der Waals surface area contributed by atoms with Crippen LogP contribution < -0.4 is 5.73 Å². The van der Waals surface area contributed by atoms with Gasteiger partial charge in [-0.05, 0) is 23.7 Å². The maximum Gasteiger partial charge on any atom is 0.0948 e. The van der Waals surface area contributed by atoms with E-state index in [1.807, 2.05) is 12.5 Å². The molecule has 0 aromatic carbocycles. The molecule has 0 amide bonds. The van der Waals surface area contributed by atoms with E-state index in [0.717, 1.165) is 12.2 Å². The van der Waals surface area contributed by atoms with Gasteiger partial charge < -0.3 is 10.3 Å². The molecule has 104 valence electrons. The molecule has 1 heterocycles. The van der Waals surface area contributed by atoms with Gasteiger partial charge in [-0.3, -0.25) is 0 Å². The third kappa shape index (κ3) is 3.58. The highest BCUT2D eigenvalue weighted by Crippen LogP contribution is 2.25. The maximum absolute atomic E-state index is 6.25. The van der Waals surface area contributed by atoms with Gasteiger partial charge in [-0.1, -0.05) is 41.5 Å². The van der Waals surface area contributed by atoms with Crippen molar-refractivity contribution in [2.45, 2.75) is 54.1 Å². The molecule has 0 aliphatic rings. The van der Waals surface area contributed by atoms with Crippen LogP contribution in [-0.4, -0.2) is 9.55 Å². The second kappa shape index (κ2) is 6.37. The van der Waals surface area contributed by atoms with E-state index in [-0.39, 0.29) is 6.04 Å². The SMILES string of the molecule is CC(C)C(N)c1cncn1CC(C(C)C)C(C)C. The molecule has 18 heavy (non-hydrogen) atoms. The van der Waals surface area contributed by atoms with Gasteiger partial charge in [-0.15, -0.1) is 0 Å². The minimum absolute atomic E-state index is 0.0764. The number of nitrogens with zero attached hydrogens (tertiary/aromatic N) is 2. The number of hydrogen-bond donors (Lipinski definition) is 1. The number of rotatable bonds is 6. The van der Waals surface area contributed by atoms with Crippen molar-refractivity contribution in [1.29, 1.82) is 0 Å². The first kappa shape index (κ1) is 15.2. The Kier molecular flexibility index (Phi) is 5.39. The number of imidazole rings is 1. The van der Waals surface area contributed by atoms with Gasteiger partial charge >= 0.3 is 0 Å². The second-order valence-corrected chi connectivity index (χ2v) is 6.39. The topological polar surface area (TPSA) is 43.8 Å². The van der Waals surface area contributed by atoms with Gasteiger partial charge in [0.05, 0.1) is 12.0 Å². The summed E-state index contributed by atoms with van der Waals surface area (Å²) >= 11 is 0. The molecule has 0 radical (unpaired) electrons. The van der Waals surface area contributed by atoms with E-state index in [2.05, 4.69) is 51.1 Å². The van der Waals surface area contributed by atoms with Crippen molar-refractivity contribution < 1.29 is 0 Å². The van der Waals surface area contributed by atoms with Crippen molar-refractivity contribution in [2.75, 3.05) is 0 Å². The van der Waals surface area contributed by atoms with Crippen LogP contribution in [0.4, 0.5) is 0 Å². The van der Waals surface area contributed by atoms with Crippen LogP contribution in [0.2, 0.25) is 0 Å². The standard InChI is InChI=1S/C15H29N3/c1-10(2)13(11(3)4)8-18-9-17-7-14(18)15(16)12(5)6/h7,9-13,15H,8,16H2,1-6H3. The summed E-state index contributed by atoms with van der Waals surface area (Å²) < 4.78 is 2.25. The Bertz CT molecular complexity index is 344. The molecule has 0 fully saturated rings. The van der Waals surface area contributed by atoms with Gasteiger partial charge in [-0.25, -0.2) is 4.98 Å². The van der Waals surface area contributed by atoms with Crippen LogP contribution in [-0.2, 0) is 6.54 Å². The fourth-order valence-electron chi connectivity index (χ4n) is 2.52. The van der Waals surface area contributed by atoms with Gasteiger partial charge in [0.15, 0.2) is 0 Å². The summed E-state index contributed by atoms with van der Waals surface area (Å²) in [6.07, 6.45) is 3.84. The summed E-state index contributed by atoms with van der Waals surface area (Å²) in [5.41, 5.74) is 7.41. The van der Waals surface area contributed by atoms with Crippen LogP contribution in [0.5, 0.6) is 0 Å². The molecule has 1 rings (SSSR count). The van der Waals surface area contributed by atoms with Crippen LogP contribution in [0.25, 0.3) is 0 Å². The van der Waals surface area contributed by atoms with Crippen molar-refractivity contribution in [1.82, 2.24) is 9.55 Å². The first-order chi connectivity index (χ1) is 8.34. The predicted octanol–water partition coefficient (Wildman–Crippen LogP) is 3.47. The smallest absolute Gasteiger partial charge is 0.0948 e. The summed E-state index contributed by atoms with van der Waals surface area (Å²) in [5.74, 6) is 2.46. The summed E-state index contributed by atoms with van der Waals surface area (Å²) in [6.45, 7) is 14.5. The predicted molar refractivity (Wildman–Crippen MR) is 77.2 cm³/mol. The third-order valence-electron chi connectivity index (χ3n) is 3.92. The Balaban J connectivity index is 2.87. The average molecular weight is 251 g/mol. The van der Waals surface area contributed by atoms with Crippen LogP contribution in [0.15, 0.2) is 12.5 Å².